The van der Waals surface area contributed by atoms with Crippen LogP contribution in [0.4, 0.5) is 30.7 Å². The lowest BCUT2D eigenvalue weighted by Gasteiger charge is -2.23. The number of aromatic nitrogens is 5. The maximum Gasteiger partial charge on any atom is 0.292 e. The quantitative estimate of drug-likeness (QED) is 0.126. The number of fused-ring (bicyclic) bond motifs is 2. The van der Waals surface area contributed by atoms with Crippen LogP contribution < -0.4 is 10.0 Å². The Bertz CT molecular complexity index is 2460. The fraction of sp³-hybridized carbons (Fsp3) is 0.361. The molecule has 55 heavy (non-hydrogen) atoms. The third-order valence-corrected chi connectivity index (χ3v) is 12.6. The van der Waals surface area contributed by atoms with Gasteiger partial charge in [0, 0.05) is 23.1 Å². The summed E-state index contributed by atoms with van der Waals surface area (Å²) in [5.41, 5.74) is -2.00. The molecule has 5 aromatic rings. The lowest BCUT2D eigenvalue weighted by atomic mass is 9.94. The number of alkyl halides is 4. The lowest BCUT2D eigenvalue weighted by molar-refractivity contribution is -0.123. The molecule has 7 rings (SSSR count). The van der Waals surface area contributed by atoms with Crippen molar-refractivity contribution in [3.8, 4) is 11.1 Å². The number of H-pyrrole nitrogens is 1. The van der Waals surface area contributed by atoms with Gasteiger partial charge in [-0.1, -0.05) is 19.9 Å². The monoisotopic (exact) mass is 791 g/mol. The van der Waals surface area contributed by atoms with Gasteiger partial charge in [0.05, 0.1) is 33.8 Å². The van der Waals surface area contributed by atoms with Crippen LogP contribution in [0.15, 0.2) is 48.7 Å². The van der Waals surface area contributed by atoms with E-state index in [4.69, 9.17) is 0 Å². The van der Waals surface area contributed by atoms with Gasteiger partial charge in [0.25, 0.3) is 18.3 Å². The van der Waals surface area contributed by atoms with Crippen LogP contribution in [-0.2, 0) is 33.7 Å². The fourth-order valence-electron chi connectivity index (χ4n) is 6.91. The van der Waals surface area contributed by atoms with Crippen LogP contribution in [0.1, 0.15) is 90.6 Å². The van der Waals surface area contributed by atoms with Crippen molar-refractivity contribution in [2.24, 2.45) is 5.92 Å². The van der Waals surface area contributed by atoms with E-state index < -0.39 is 97.8 Å². The Morgan fingerprint density at radius 1 is 1.02 bits per heavy atom. The normalized spacial score (nSPS) is 19.0. The van der Waals surface area contributed by atoms with Crippen LogP contribution in [0.25, 0.3) is 22.2 Å². The molecule has 1 fully saturated rings. The largest absolute Gasteiger partial charge is 0.346 e. The molecular weight excluding hydrogens is 759 g/mol. The van der Waals surface area contributed by atoms with Gasteiger partial charge in [-0.2, -0.15) is 19.0 Å². The molecular formula is C36H32F7N7O4S. The molecule has 0 bridgehead atoms. The third-order valence-electron chi connectivity index (χ3n) is 10.4. The van der Waals surface area contributed by atoms with Gasteiger partial charge in [0.1, 0.15) is 40.9 Å². The lowest BCUT2D eigenvalue weighted by Crippen LogP contribution is -2.38. The summed E-state index contributed by atoms with van der Waals surface area (Å²) in [5.74, 6) is -11.2. The first-order chi connectivity index (χ1) is 25.8. The van der Waals surface area contributed by atoms with E-state index >= 15 is 13.2 Å². The number of nitrogens with zero attached hydrogens (tertiary/aromatic N) is 4. The molecule has 3 aromatic heterocycles. The zero-order valence-electron chi connectivity index (χ0n) is 29.2. The molecule has 2 aliphatic carbocycles. The highest BCUT2D eigenvalue weighted by Gasteiger charge is 2.55. The molecule has 2 amide bonds. The van der Waals surface area contributed by atoms with E-state index in [1.807, 2.05) is 4.72 Å². The van der Waals surface area contributed by atoms with Crippen LogP contribution in [0.2, 0.25) is 0 Å². The Morgan fingerprint density at radius 2 is 1.71 bits per heavy atom. The molecule has 1 saturated carbocycles. The molecule has 0 unspecified atom stereocenters. The highest BCUT2D eigenvalue weighted by atomic mass is 32.2. The van der Waals surface area contributed by atoms with E-state index in [9.17, 15) is 35.6 Å². The number of carbonyl (C=O) groups excluding carboxylic acids is 2. The Kier molecular flexibility index (Phi) is 9.29. The topological polar surface area (TPSA) is 152 Å². The van der Waals surface area contributed by atoms with Crippen LogP contribution in [-0.4, -0.2) is 49.9 Å². The van der Waals surface area contributed by atoms with Gasteiger partial charge in [-0.3, -0.25) is 19.4 Å². The number of nitrogens with one attached hydrogen (secondary N) is 3. The summed E-state index contributed by atoms with van der Waals surface area (Å²) in [6.45, 7) is 3.05. The van der Waals surface area contributed by atoms with E-state index in [2.05, 4.69) is 25.6 Å². The average molecular weight is 792 g/mol. The van der Waals surface area contributed by atoms with Crippen molar-refractivity contribution in [3.63, 3.8) is 0 Å². The van der Waals surface area contributed by atoms with E-state index in [1.165, 1.54) is 39.1 Å². The summed E-state index contributed by atoms with van der Waals surface area (Å²) in [6.07, 6.45) is -1.67. The molecule has 0 radical (unpaired) electrons. The Hall–Kier alpha value is -5.33. The minimum absolute atomic E-state index is 0.00920. The van der Waals surface area contributed by atoms with Crippen LogP contribution in [0, 0.1) is 23.4 Å². The van der Waals surface area contributed by atoms with Gasteiger partial charge in [-0.15, -0.1) is 0 Å². The first-order valence-electron chi connectivity index (χ1n) is 17.0. The Labute approximate surface area is 308 Å². The number of sulfonamides is 1. The minimum Gasteiger partial charge on any atom is -0.346 e. The van der Waals surface area contributed by atoms with E-state index in [-0.39, 0.29) is 39.9 Å². The number of carbonyl (C=O) groups is 2. The standard InChI is InChI=1S/C36H32F7N7O4S/c1-16-17(2)36(42,43)32-29(16)31(33(40)41)48-50(32)15-28(51)45-26(10-18-8-20(37)12-21(38)9-18)30-22(13-25-27(46-30)14-44-47-25)19-4-5-24(39)23(11-19)34(52)49-55(53,54)35(3)6-7-35/h4-5,8-9,11-14,16-17,26,33H,6-7,10,15H2,1-3H3,(H,44,47)(H,45,51)(H,49,52)/t16-,17+,26-/m0/s1. The zero-order chi connectivity index (χ0) is 39.8. The molecule has 19 heteroatoms. The van der Waals surface area contributed by atoms with Crippen molar-refractivity contribution in [2.45, 2.75) is 75.6 Å². The number of rotatable bonds is 11. The predicted molar refractivity (Wildman–Crippen MR) is 183 cm³/mol. The number of hydrogen-bond donors (Lipinski definition) is 3. The SMILES string of the molecule is C[C@@H]1c2c(C(F)F)nn(CC(=O)N[C@@H](Cc3cc(F)cc(F)c3)c3nc4cn[nH]c4cc3-c3ccc(F)c(C(=O)NS(=O)(=O)C4(C)CC4)c3)c2C(F)(F)[C@@H]1C. The van der Waals surface area contributed by atoms with E-state index in [0.717, 1.165) is 24.3 Å². The number of halogens is 7. The van der Waals surface area contributed by atoms with Gasteiger partial charge >= 0.3 is 0 Å². The molecule has 2 aliphatic rings. The molecule has 0 saturated heterocycles. The predicted octanol–water partition coefficient (Wildman–Crippen LogP) is 6.73. The first-order valence-corrected chi connectivity index (χ1v) is 18.5. The molecule has 290 valence electrons. The van der Waals surface area contributed by atoms with Gasteiger partial charge in [0.2, 0.25) is 15.9 Å². The van der Waals surface area contributed by atoms with Crippen molar-refractivity contribution < 1.29 is 48.7 Å². The van der Waals surface area contributed by atoms with Crippen molar-refractivity contribution in [1.82, 2.24) is 35.0 Å². The van der Waals surface area contributed by atoms with Crippen LogP contribution >= 0.6 is 0 Å². The summed E-state index contributed by atoms with van der Waals surface area (Å²) in [5, 5.41) is 13.0. The summed E-state index contributed by atoms with van der Waals surface area (Å²) < 4.78 is 130. The average Bonchev–Trinajstić information content (AvgIpc) is 3.45. The highest BCUT2D eigenvalue weighted by molar-refractivity contribution is 7.91. The number of amides is 2. The van der Waals surface area contributed by atoms with E-state index in [1.54, 1.807) is 0 Å². The van der Waals surface area contributed by atoms with E-state index in [0.29, 0.717) is 29.1 Å². The molecule has 2 aromatic carbocycles. The van der Waals surface area contributed by atoms with Crippen molar-refractivity contribution in [2.75, 3.05) is 0 Å². The molecule has 3 N–H and O–H groups in total. The van der Waals surface area contributed by atoms with Gasteiger partial charge in [0.15, 0.2) is 0 Å². The number of pyridine rings is 1. The van der Waals surface area contributed by atoms with Gasteiger partial charge in [-0.25, -0.2) is 40.1 Å². The summed E-state index contributed by atoms with van der Waals surface area (Å²) in [7, 11) is -4.17. The summed E-state index contributed by atoms with van der Waals surface area (Å²) in [6, 6.07) is 5.93. The minimum atomic E-state index is -4.17. The number of benzene rings is 2. The maximum atomic E-state index is 15.5. The number of aromatic amines is 1. The summed E-state index contributed by atoms with van der Waals surface area (Å²) in [4.78, 5) is 31.6. The molecule has 3 heterocycles. The number of hydrogen-bond acceptors (Lipinski definition) is 7. The molecule has 3 atom stereocenters. The van der Waals surface area contributed by atoms with Gasteiger partial charge < -0.3 is 5.32 Å². The first kappa shape index (κ1) is 38.0. The smallest absolute Gasteiger partial charge is 0.292 e. The second-order valence-electron chi connectivity index (χ2n) is 14.2. The van der Waals surface area contributed by atoms with Crippen molar-refractivity contribution in [3.05, 3.63) is 99.9 Å². The zero-order valence-corrected chi connectivity index (χ0v) is 30.0. The molecule has 0 spiro atoms. The molecule has 11 nitrogen and oxygen atoms in total. The maximum absolute atomic E-state index is 15.5. The Morgan fingerprint density at radius 3 is 2.36 bits per heavy atom. The highest BCUT2D eigenvalue weighted by Crippen LogP contribution is 2.54. The van der Waals surface area contributed by atoms with Crippen LogP contribution in [0.5, 0.6) is 0 Å². The van der Waals surface area contributed by atoms with Gasteiger partial charge in [-0.05, 0) is 73.6 Å². The summed E-state index contributed by atoms with van der Waals surface area (Å²) >= 11 is 0. The Balaban J connectivity index is 1.31. The second kappa shape index (κ2) is 13.5. The fourth-order valence-corrected chi connectivity index (χ4v) is 8.15. The third kappa shape index (κ3) is 6.82. The van der Waals surface area contributed by atoms with Crippen molar-refractivity contribution in [1.29, 1.82) is 0 Å². The van der Waals surface area contributed by atoms with Crippen LogP contribution in [0.3, 0.4) is 0 Å². The molecule has 0 aliphatic heterocycles. The second-order valence-corrected chi connectivity index (χ2v) is 16.4. The van der Waals surface area contributed by atoms with Crippen molar-refractivity contribution >= 4 is 32.9 Å².